The lowest BCUT2D eigenvalue weighted by atomic mass is 10.1. The summed E-state index contributed by atoms with van der Waals surface area (Å²) < 4.78 is 0. The average Bonchev–Trinajstić information content (AvgIpc) is 2.33. The molecule has 0 aliphatic carbocycles. The zero-order valence-electron chi connectivity index (χ0n) is 10.1. The summed E-state index contributed by atoms with van der Waals surface area (Å²) in [6, 6.07) is 1.76. The van der Waals surface area contributed by atoms with Crippen molar-refractivity contribution < 1.29 is 4.79 Å². The molecule has 0 bridgehead atoms. The van der Waals surface area contributed by atoms with Crippen molar-refractivity contribution in [1.29, 1.82) is 0 Å². The Kier molecular flexibility index (Phi) is 3.90. The lowest BCUT2D eigenvalue weighted by molar-refractivity contribution is -0.123. The first-order valence-corrected chi connectivity index (χ1v) is 6.14. The summed E-state index contributed by atoms with van der Waals surface area (Å²) >= 11 is 0. The molecule has 2 rings (SSSR count). The van der Waals surface area contributed by atoms with Gasteiger partial charge in [-0.25, -0.2) is 9.97 Å². The Morgan fingerprint density at radius 1 is 1.53 bits per heavy atom. The molecule has 1 fully saturated rings. The number of amides is 1. The van der Waals surface area contributed by atoms with Crippen LogP contribution in [0, 0.1) is 0 Å². The molecule has 92 valence electrons. The first kappa shape index (κ1) is 11.8. The van der Waals surface area contributed by atoms with E-state index in [1.165, 1.54) is 0 Å². The highest BCUT2D eigenvalue weighted by Gasteiger charge is 2.21. The molecular weight excluding hydrogens is 216 g/mol. The van der Waals surface area contributed by atoms with E-state index in [9.17, 15) is 4.79 Å². The van der Waals surface area contributed by atoms with Crippen LogP contribution in [0.15, 0.2) is 12.4 Å². The van der Waals surface area contributed by atoms with Crippen molar-refractivity contribution in [2.75, 3.05) is 11.9 Å². The summed E-state index contributed by atoms with van der Waals surface area (Å²) in [7, 11) is 0. The number of aromatic nitrogens is 2. The first-order chi connectivity index (χ1) is 8.29. The Hall–Kier alpha value is -1.65. The smallest absolute Gasteiger partial charge is 0.242 e. The van der Waals surface area contributed by atoms with Crippen molar-refractivity contribution in [2.24, 2.45) is 0 Å². The van der Waals surface area contributed by atoms with Crippen LogP contribution in [0.25, 0.3) is 0 Å². The maximum absolute atomic E-state index is 11.6. The number of aryl methyl sites for hydroxylation is 1. The third-order valence-corrected chi connectivity index (χ3v) is 2.84. The molecule has 1 aliphatic rings. The van der Waals surface area contributed by atoms with E-state index >= 15 is 0 Å². The van der Waals surface area contributed by atoms with E-state index in [-0.39, 0.29) is 11.9 Å². The third-order valence-electron chi connectivity index (χ3n) is 2.84. The first-order valence-electron chi connectivity index (χ1n) is 6.14. The van der Waals surface area contributed by atoms with Crippen LogP contribution in [0.2, 0.25) is 0 Å². The average molecular weight is 234 g/mol. The summed E-state index contributed by atoms with van der Waals surface area (Å²) in [4.78, 5) is 19.9. The predicted octanol–water partition coefficient (Wildman–Crippen LogP) is 1.12. The maximum Gasteiger partial charge on any atom is 0.242 e. The molecule has 5 heteroatoms. The van der Waals surface area contributed by atoms with Crippen molar-refractivity contribution in [3.8, 4) is 0 Å². The number of piperidine rings is 1. The molecule has 1 atom stereocenters. The standard InChI is InChI=1S/C12H18N4O/c1-2-4-9-7-11(15-8-14-9)16-10-5-3-6-13-12(10)17/h7-8,10H,2-6H2,1H3,(H,13,17)(H,14,15,16). The lowest BCUT2D eigenvalue weighted by Gasteiger charge is -2.23. The van der Waals surface area contributed by atoms with Crippen LogP contribution < -0.4 is 10.6 Å². The molecule has 2 heterocycles. The molecule has 2 N–H and O–H groups in total. The Morgan fingerprint density at radius 2 is 2.41 bits per heavy atom. The maximum atomic E-state index is 11.6. The predicted molar refractivity (Wildman–Crippen MR) is 65.7 cm³/mol. The Balaban J connectivity index is 2.01. The van der Waals surface area contributed by atoms with Gasteiger partial charge < -0.3 is 10.6 Å². The number of nitrogens with zero attached hydrogens (tertiary/aromatic N) is 2. The van der Waals surface area contributed by atoms with Gasteiger partial charge in [0.1, 0.15) is 18.2 Å². The minimum atomic E-state index is -0.159. The number of carbonyl (C=O) groups excluding carboxylic acids is 1. The van der Waals surface area contributed by atoms with Crippen LogP contribution >= 0.6 is 0 Å². The molecule has 1 saturated heterocycles. The molecule has 1 amide bonds. The molecule has 1 aliphatic heterocycles. The number of hydrogen-bond acceptors (Lipinski definition) is 4. The van der Waals surface area contributed by atoms with Crippen LogP contribution in [-0.4, -0.2) is 28.5 Å². The molecular formula is C12H18N4O. The zero-order valence-corrected chi connectivity index (χ0v) is 10.1. The van der Waals surface area contributed by atoms with Gasteiger partial charge in [-0.1, -0.05) is 13.3 Å². The van der Waals surface area contributed by atoms with Gasteiger partial charge in [-0.3, -0.25) is 4.79 Å². The molecule has 1 unspecified atom stereocenters. The monoisotopic (exact) mass is 234 g/mol. The van der Waals surface area contributed by atoms with Crippen LogP contribution in [0.3, 0.4) is 0 Å². The molecule has 0 saturated carbocycles. The minimum absolute atomic E-state index is 0.0619. The van der Waals surface area contributed by atoms with Gasteiger partial charge in [-0.2, -0.15) is 0 Å². The van der Waals surface area contributed by atoms with Crippen molar-refractivity contribution in [1.82, 2.24) is 15.3 Å². The number of carbonyl (C=O) groups is 1. The minimum Gasteiger partial charge on any atom is -0.358 e. The van der Waals surface area contributed by atoms with Gasteiger partial charge in [0.2, 0.25) is 5.91 Å². The summed E-state index contributed by atoms with van der Waals surface area (Å²) in [5, 5.41) is 6.01. The van der Waals surface area contributed by atoms with Gasteiger partial charge in [0.15, 0.2) is 0 Å². The van der Waals surface area contributed by atoms with Gasteiger partial charge in [-0.15, -0.1) is 0 Å². The fourth-order valence-electron chi connectivity index (χ4n) is 1.96. The van der Waals surface area contributed by atoms with Crippen LogP contribution in [-0.2, 0) is 11.2 Å². The van der Waals surface area contributed by atoms with Crippen molar-refractivity contribution in [3.63, 3.8) is 0 Å². The molecule has 1 aromatic heterocycles. The zero-order chi connectivity index (χ0) is 12.1. The lowest BCUT2D eigenvalue weighted by Crippen LogP contribution is -2.44. The normalized spacial score (nSPS) is 19.8. The molecule has 0 spiro atoms. The van der Waals surface area contributed by atoms with E-state index in [1.807, 2.05) is 6.07 Å². The fraction of sp³-hybridized carbons (Fsp3) is 0.583. The largest absolute Gasteiger partial charge is 0.358 e. The quantitative estimate of drug-likeness (QED) is 0.819. The van der Waals surface area contributed by atoms with Crippen LogP contribution in [0.5, 0.6) is 0 Å². The highest BCUT2D eigenvalue weighted by Crippen LogP contribution is 2.12. The van der Waals surface area contributed by atoms with Gasteiger partial charge in [0.05, 0.1) is 0 Å². The summed E-state index contributed by atoms with van der Waals surface area (Å²) in [5.41, 5.74) is 1.02. The highest BCUT2D eigenvalue weighted by atomic mass is 16.2. The van der Waals surface area contributed by atoms with E-state index in [4.69, 9.17) is 0 Å². The van der Waals surface area contributed by atoms with Crippen molar-refractivity contribution >= 4 is 11.7 Å². The topological polar surface area (TPSA) is 66.9 Å². The number of anilines is 1. The van der Waals surface area contributed by atoms with Gasteiger partial charge in [0, 0.05) is 18.3 Å². The second-order valence-corrected chi connectivity index (χ2v) is 4.27. The highest BCUT2D eigenvalue weighted by molar-refractivity contribution is 5.84. The third kappa shape index (κ3) is 3.15. The molecule has 0 aromatic carbocycles. The van der Waals surface area contributed by atoms with Crippen LogP contribution in [0.1, 0.15) is 31.9 Å². The number of rotatable bonds is 4. The fourth-order valence-corrected chi connectivity index (χ4v) is 1.96. The van der Waals surface area contributed by atoms with Crippen LogP contribution in [0.4, 0.5) is 5.82 Å². The summed E-state index contributed by atoms with van der Waals surface area (Å²) in [6.07, 6.45) is 5.41. The second-order valence-electron chi connectivity index (χ2n) is 4.27. The van der Waals surface area contributed by atoms with E-state index in [0.717, 1.165) is 43.7 Å². The van der Waals surface area contributed by atoms with E-state index in [0.29, 0.717) is 0 Å². The van der Waals surface area contributed by atoms with Gasteiger partial charge in [0.25, 0.3) is 0 Å². The molecule has 17 heavy (non-hydrogen) atoms. The van der Waals surface area contributed by atoms with Gasteiger partial charge in [-0.05, 0) is 19.3 Å². The Morgan fingerprint density at radius 3 is 3.18 bits per heavy atom. The Bertz CT molecular complexity index is 394. The molecule has 0 radical (unpaired) electrons. The summed E-state index contributed by atoms with van der Waals surface area (Å²) in [5.74, 6) is 0.803. The Labute approximate surface area is 101 Å². The SMILES string of the molecule is CCCc1cc(NC2CCCNC2=O)ncn1. The van der Waals surface area contributed by atoms with Crippen molar-refractivity contribution in [2.45, 2.75) is 38.6 Å². The second kappa shape index (κ2) is 5.61. The number of hydrogen-bond donors (Lipinski definition) is 2. The van der Waals surface area contributed by atoms with E-state index in [1.54, 1.807) is 6.33 Å². The van der Waals surface area contributed by atoms with Gasteiger partial charge >= 0.3 is 0 Å². The van der Waals surface area contributed by atoms with E-state index in [2.05, 4.69) is 27.5 Å². The number of nitrogens with one attached hydrogen (secondary N) is 2. The van der Waals surface area contributed by atoms with Crippen molar-refractivity contribution in [3.05, 3.63) is 18.1 Å². The van der Waals surface area contributed by atoms with E-state index < -0.39 is 0 Å². The summed E-state index contributed by atoms with van der Waals surface area (Å²) in [6.45, 7) is 2.89. The molecule has 1 aromatic rings. The molecule has 5 nitrogen and oxygen atoms in total.